The molecule has 19 heavy (non-hydrogen) atoms. The van der Waals surface area contributed by atoms with Crippen LogP contribution in [0.4, 0.5) is 0 Å². The number of rotatable bonds is 3. The zero-order valence-corrected chi connectivity index (χ0v) is 13.4. The third kappa shape index (κ3) is 3.02. The Kier molecular flexibility index (Phi) is 4.35. The van der Waals surface area contributed by atoms with Gasteiger partial charge in [0.25, 0.3) is 10.0 Å². The fraction of sp³-hybridized carbons (Fsp3) is 0.692. The van der Waals surface area contributed by atoms with Crippen molar-refractivity contribution in [3.05, 3.63) is 16.5 Å². The lowest BCUT2D eigenvalue weighted by molar-refractivity contribution is 0.223. The van der Waals surface area contributed by atoms with Gasteiger partial charge < -0.3 is 5.73 Å². The first-order chi connectivity index (χ1) is 8.84. The van der Waals surface area contributed by atoms with Gasteiger partial charge in [-0.05, 0) is 36.8 Å². The van der Waals surface area contributed by atoms with Gasteiger partial charge in [-0.1, -0.05) is 13.8 Å². The maximum atomic E-state index is 12.7. The van der Waals surface area contributed by atoms with Crippen molar-refractivity contribution in [2.24, 2.45) is 17.6 Å². The number of nitrogens with two attached hydrogens (primary N) is 1. The minimum Gasteiger partial charge on any atom is -0.326 e. The minimum absolute atomic E-state index is 0.402. The molecule has 0 spiro atoms. The number of hydrogen-bond acceptors (Lipinski definition) is 4. The normalized spacial score (nSPS) is 25.7. The SMILES string of the molecule is Cc1cc(S(=O)(=O)N2CC(C)CC(C)C2)sc1CN. The Morgan fingerprint density at radius 3 is 2.42 bits per heavy atom. The molecule has 2 atom stereocenters. The van der Waals surface area contributed by atoms with E-state index >= 15 is 0 Å². The van der Waals surface area contributed by atoms with E-state index in [-0.39, 0.29) is 0 Å². The molecular weight excluding hydrogens is 280 g/mol. The average molecular weight is 302 g/mol. The second-order valence-electron chi connectivity index (χ2n) is 5.64. The molecule has 0 aliphatic carbocycles. The van der Waals surface area contributed by atoms with E-state index in [1.807, 2.05) is 6.92 Å². The summed E-state index contributed by atoms with van der Waals surface area (Å²) in [7, 11) is -3.34. The summed E-state index contributed by atoms with van der Waals surface area (Å²) in [5.74, 6) is 0.849. The van der Waals surface area contributed by atoms with Gasteiger partial charge in [-0.2, -0.15) is 4.31 Å². The molecular formula is C13H22N2O2S2. The van der Waals surface area contributed by atoms with Gasteiger partial charge >= 0.3 is 0 Å². The standard InChI is InChI=1S/C13H22N2O2S2/c1-9-4-10(2)8-15(7-9)19(16,17)13-5-11(3)12(6-14)18-13/h5,9-10H,4,6-8,14H2,1-3H3. The summed E-state index contributed by atoms with van der Waals surface area (Å²) in [4.78, 5) is 0.955. The van der Waals surface area contributed by atoms with Crippen molar-refractivity contribution in [2.75, 3.05) is 13.1 Å². The first kappa shape index (κ1) is 15.0. The van der Waals surface area contributed by atoms with Crippen LogP contribution in [-0.2, 0) is 16.6 Å². The molecule has 2 unspecified atom stereocenters. The van der Waals surface area contributed by atoms with E-state index in [2.05, 4.69) is 13.8 Å². The van der Waals surface area contributed by atoms with Crippen LogP contribution in [0.25, 0.3) is 0 Å². The highest BCUT2D eigenvalue weighted by Crippen LogP contribution is 2.31. The molecule has 0 aromatic carbocycles. The van der Waals surface area contributed by atoms with Gasteiger partial charge in [0, 0.05) is 24.5 Å². The topological polar surface area (TPSA) is 63.4 Å². The maximum Gasteiger partial charge on any atom is 0.252 e. The van der Waals surface area contributed by atoms with Gasteiger partial charge in [-0.15, -0.1) is 11.3 Å². The van der Waals surface area contributed by atoms with Crippen molar-refractivity contribution in [3.8, 4) is 0 Å². The quantitative estimate of drug-likeness (QED) is 0.931. The molecule has 1 saturated heterocycles. The molecule has 2 rings (SSSR count). The lowest BCUT2D eigenvalue weighted by atomic mass is 9.94. The number of nitrogens with zero attached hydrogens (tertiary/aromatic N) is 1. The summed E-state index contributed by atoms with van der Waals surface area (Å²) in [5.41, 5.74) is 6.61. The molecule has 1 aromatic rings. The van der Waals surface area contributed by atoms with E-state index in [0.29, 0.717) is 35.7 Å². The van der Waals surface area contributed by atoms with E-state index in [1.165, 1.54) is 11.3 Å². The molecule has 1 aromatic heterocycles. The van der Waals surface area contributed by atoms with E-state index in [1.54, 1.807) is 10.4 Å². The zero-order chi connectivity index (χ0) is 14.2. The van der Waals surface area contributed by atoms with E-state index in [9.17, 15) is 8.42 Å². The number of piperidine rings is 1. The van der Waals surface area contributed by atoms with Crippen LogP contribution in [0, 0.1) is 18.8 Å². The Balaban J connectivity index is 2.30. The second kappa shape index (κ2) is 5.52. The zero-order valence-electron chi connectivity index (χ0n) is 11.7. The van der Waals surface area contributed by atoms with Gasteiger partial charge in [-0.25, -0.2) is 8.42 Å². The lowest BCUT2D eigenvalue weighted by Crippen LogP contribution is -2.42. The Hall–Kier alpha value is -0.430. The van der Waals surface area contributed by atoms with Gasteiger partial charge in [-0.3, -0.25) is 0 Å². The monoisotopic (exact) mass is 302 g/mol. The Morgan fingerprint density at radius 2 is 1.95 bits per heavy atom. The highest BCUT2D eigenvalue weighted by atomic mass is 32.2. The summed E-state index contributed by atoms with van der Waals surface area (Å²) < 4.78 is 27.4. The first-order valence-electron chi connectivity index (χ1n) is 6.64. The molecule has 1 fully saturated rings. The van der Waals surface area contributed by atoms with Gasteiger partial charge in [0.1, 0.15) is 4.21 Å². The third-order valence-electron chi connectivity index (χ3n) is 3.61. The second-order valence-corrected chi connectivity index (χ2v) is 8.95. The maximum absolute atomic E-state index is 12.7. The fourth-order valence-electron chi connectivity index (χ4n) is 2.75. The summed E-state index contributed by atoms with van der Waals surface area (Å²) in [6.45, 7) is 7.80. The van der Waals surface area contributed by atoms with Crippen LogP contribution in [0.5, 0.6) is 0 Å². The average Bonchev–Trinajstić information content (AvgIpc) is 2.70. The minimum atomic E-state index is -3.34. The van der Waals surface area contributed by atoms with Crippen molar-refractivity contribution in [2.45, 2.75) is 37.9 Å². The molecule has 4 nitrogen and oxygen atoms in total. The van der Waals surface area contributed by atoms with Crippen molar-refractivity contribution < 1.29 is 8.42 Å². The highest BCUT2D eigenvalue weighted by molar-refractivity contribution is 7.91. The number of hydrogen-bond donors (Lipinski definition) is 1. The van der Waals surface area contributed by atoms with E-state index < -0.39 is 10.0 Å². The molecule has 108 valence electrons. The number of thiophene rings is 1. The molecule has 0 saturated carbocycles. The molecule has 6 heteroatoms. The lowest BCUT2D eigenvalue weighted by Gasteiger charge is -2.33. The largest absolute Gasteiger partial charge is 0.326 e. The molecule has 0 bridgehead atoms. The highest BCUT2D eigenvalue weighted by Gasteiger charge is 2.32. The Morgan fingerprint density at radius 1 is 1.37 bits per heavy atom. The predicted octanol–water partition coefficient (Wildman–Crippen LogP) is 2.18. The number of aryl methyl sites for hydroxylation is 1. The molecule has 2 N–H and O–H groups in total. The predicted molar refractivity (Wildman–Crippen MR) is 78.7 cm³/mol. The molecule has 2 heterocycles. The fourth-order valence-corrected chi connectivity index (χ4v) is 6.05. The Bertz CT molecular complexity index is 541. The van der Waals surface area contributed by atoms with Crippen LogP contribution in [0.3, 0.4) is 0 Å². The number of sulfonamides is 1. The molecule has 0 amide bonds. The van der Waals surface area contributed by atoms with Crippen molar-refractivity contribution in [3.63, 3.8) is 0 Å². The van der Waals surface area contributed by atoms with Crippen LogP contribution in [0.15, 0.2) is 10.3 Å². The third-order valence-corrected chi connectivity index (χ3v) is 7.15. The van der Waals surface area contributed by atoms with Crippen LogP contribution < -0.4 is 5.73 Å². The van der Waals surface area contributed by atoms with Crippen molar-refractivity contribution >= 4 is 21.4 Å². The van der Waals surface area contributed by atoms with Crippen molar-refractivity contribution in [1.29, 1.82) is 0 Å². The molecule has 0 radical (unpaired) electrons. The van der Waals surface area contributed by atoms with Crippen molar-refractivity contribution in [1.82, 2.24) is 4.31 Å². The van der Waals surface area contributed by atoms with Crippen LogP contribution in [0.1, 0.15) is 30.7 Å². The summed E-state index contributed by atoms with van der Waals surface area (Å²) in [6, 6.07) is 1.76. The molecule has 1 aliphatic heterocycles. The summed E-state index contributed by atoms with van der Waals surface area (Å²) in [6.07, 6.45) is 1.10. The van der Waals surface area contributed by atoms with E-state index in [4.69, 9.17) is 5.73 Å². The molecule has 1 aliphatic rings. The van der Waals surface area contributed by atoms with Gasteiger partial charge in [0.2, 0.25) is 0 Å². The van der Waals surface area contributed by atoms with Crippen LogP contribution in [-0.4, -0.2) is 25.8 Å². The van der Waals surface area contributed by atoms with E-state index in [0.717, 1.165) is 16.9 Å². The summed E-state index contributed by atoms with van der Waals surface area (Å²) in [5, 5.41) is 0. The van der Waals surface area contributed by atoms with Gasteiger partial charge in [0.15, 0.2) is 0 Å². The first-order valence-corrected chi connectivity index (χ1v) is 8.89. The van der Waals surface area contributed by atoms with Crippen LogP contribution >= 0.6 is 11.3 Å². The Labute approximate surface area is 119 Å². The summed E-state index contributed by atoms with van der Waals surface area (Å²) >= 11 is 1.31. The smallest absolute Gasteiger partial charge is 0.252 e. The van der Waals surface area contributed by atoms with Crippen LogP contribution in [0.2, 0.25) is 0 Å². The van der Waals surface area contributed by atoms with Gasteiger partial charge in [0.05, 0.1) is 0 Å².